The summed E-state index contributed by atoms with van der Waals surface area (Å²) < 4.78 is 5.65. The van der Waals surface area contributed by atoms with Crippen molar-refractivity contribution in [3.05, 3.63) is 65.2 Å². The molecule has 3 heteroatoms. The van der Waals surface area contributed by atoms with Crippen LogP contribution in [0.15, 0.2) is 48.5 Å². The maximum atomic E-state index is 11.4. The van der Waals surface area contributed by atoms with Crippen molar-refractivity contribution in [2.24, 2.45) is 0 Å². The Hall–Kier alpha value is -2.29. The van der Waals surface area contributed by atoms with Gasteiger partial charge in [-0.15, -0.1) is 0 Å². The molecular weight excluding hydrogens is 252 g/mol. The average Bonchev–Trinajstić information content (AvgIpc) is 2.40. The second kappa shape index (κ2) is 6.24. The van der Waals surface area contributed by atoms with E-state index in [1.54, 1.807) is 6.07 Å². The van der Waals surface area contributed by atoms with Gasteiger partial charge in [0.2, 0.25) is 0 Å². The summed E-state index contributed by atoms with van der Waals surface area (Å²) >= 11 is 0. The quantitative estimate of drug-likeness (QED) is 0.906. The second-order valence-electron chi connectivity index (χ2n) is 4.90. The molecule has 0 fully saturated rings. The first-order chi connectivity index (χ1) is 9.56. The van der Waals surface area contributed by atoms with Gasteiger partial charge in [0.15, 0.2) is 6.10 Å². The summed E-state index contributed by atoms with van der Waals surface area (Å²) in [4.78, 5) is 11.4. The molecule has 0 aromatic heterocycles. The number of carboxylic acid groups (broad SMARTS) is 1. The number of aliphatic carboxylic acids is 1. The summed E-state index contributed by atoms with van der Waals surface area (Å²) in [5.74, 6) is -0.331. The molecule has 1 unspecified atom stereocenters. The van der Waals surface area contributed by atoms with Gasteiger partial charge in [0.1, 0.15) is 5.75 Å². The summed E-state index contributed by atoms with van der Waals surface area (Å²) in [6.07, 6.45) is -0.524. The van der Waals surface area contributed by atoms with Crippen LogP contribution in [0, 0.1) is 13.8 Å². The highest BCUT2D eigenvalue weighted by Gasteiger charge is 2.20. The van der Waals surface area contributed by atoms with Gasteiger partial charge >= 0.3 is 5.97 Å². The highest BCUT2D eigenvalue weighted by molar-refractivity contribution is 5.73. The van der Waals surface area contributed by atoms with Crippen LogP contribution in [-0.2, 0) is 11.2 Å². The van der Waals surface area contributed by atoms with E-state index in [-0.39, 0.29) is 0 Å². The van der Waals surface area contributed by atoms with Gasteiger partial charge in [-0.25, -0.2) is 4.79 Å². The van der Waals surface area contributed by atoms with Crippen LogP contribution in [0.2, 0.25) is 0 Å². The lowest BCUT2D eigenvalue weighted by atomic mass is 10.1. The summed E-state index contributed by atoms with van der Waals surface area (Å²) in [7, 11) is 0. The number of aryl methyl sites for hydroxylation is 2. The van der Waals surface area contributed by atoms with E-state index in [4.69, 9.17) is 4.74 Å². The molecular formula is C17H18O3. The number of ether oxygens (including phenoxy) is 1. The predicted octanol–water partition coefficient (Wildman–Crippen LogP) is 3.38. The third-order valence-corrected chi connectivity index (χ3v) is 3.14. The lowest BCUT2D eigenvalue weighted by Crippen LogP contribution is -2.29. The molecule has 0 heterocycles. The Balaban J connectivity index is 2.16. The maximum Gasteiger partial charge on any atom is 0.345 e. The standard InChI is InChI=1S/C17H18O3/c1-12-6-5-8-14(10-12)11-16(17(18)19)20-15-9-4-3-7-13(15)2/h3-10,16H,11H2,1-2H3,(H,18,19). The molecule has 3 nitrogen and oxygen atoms in total. The number of hydrogen-bond acceptors (Lipinski definition) is 2. The van der Waals surface area contributed by atoms with Crippen molar-refractivity contribution < 1.29 is 14.6 Å². The van der Waals surface area contributed by atoms with Crippen LogP contribution in [0.25, 0.3) is 0 Å². The Kier molecular flexibility index (Phi) is 4.41. The molecule has 0 saturated heterocycles. The van der Waals surface area contributed by atoms with Crippen LogP contribution in [0.1, 0.15) is 16.7 Å². The van der Waals surface area contributed by atoms with Gasteiger partial charge in [-0.3, -0.25) is 0 Å². The Morgan fingerprint density at radius 3 is 2.55 bits per heavy atom. The van der Waals surface area contributed by atoms with Gasteiger partial charge < -0.3 is 9.84 Å². The molecule has 0 bridgehead atoms. The molecule has 0 spiro atoms. The average molecular weight is 270 g/mol. The Morgan fingerprint density at radius 2 is 1.90 bits per heavy atom. The van der Waals surface area contributed by atoms with Gasteiger partial charge in [-0.05, 0) is 31.0 Å². The molecule has 2 rings (SSSR count). The van der Waals surface area contributed by atoms with Crippen molar-refractivity contribution in [2.75, 3.05) is 0 Å². The van der Waals surface area contributed by atoms with E-state index in [1.807, 2.05) is 56.3 Å². The first-order valence-electron chi connectivity index (χ1n) is 6.57. The zero-order valence-electron chi connectivity index (χ0n) is 11.7. The van der Waals surface area contributed by atoms with Crippen LogP contribution in [0.4, 0.5) is 0 Å². The predicted molar refractivity (Wildman–Crippen MR) is 78.1 cm³/mol. The van der Waals surface area contributed by atoms with E-state index in [9.17, 15) is 9.90 Å². The van der Waals surface area contributed by atoms with Crippen molar-refractivity contribution in [3.63, 3.8) is 0 Å². The largest absolute Gasteiger partial charge is 0.478 e. The Bertz CT molecular complexity index is 605. The zero-order valence-corrected chi connectivity index (χ0v) is 11.7. The van der Waals surface area contributed by atoms with Crippen LogP contribution >= 0.6 is 0 Å². The third-order valence-electron chi connectivity index (χ3n) is 3.14. The third kappa shape index (κ3) is 3.60. The number of para-hydroxylation sites is 1. The second-order valence-corrected chi connectivity index (χ2v) is 4.90. The fraction of sp³-hybridized carbons (Fsp3) is 0.235. The lowest BCUT2D eigenvalue weighted by molar-refractivity contribution is -0.145. The first-order valence-corrected chi connectivity index (χ1v) is 6.57. The van der Waals surface area contributed by atoms with Crippen molar-refractivity contribution in [2.45, 2.75) is 26.4 Å². The van der Waals surface area contributed by atoms with Crippen molar-refractivity contribution in [1.29, 1.82) is 0 Å². The van der Waals surface area contributed by atoms with Gasteiger partial charge in [0.25, 0.3) is 0 Å². The van der Waals surface area contributed by atoms with E-state index in [2.05, 4.69) is 0 Å². The van der Waals surface area contributed by atoms with Crippen LogP contribution < -0.4 is 4.74 Å². The van der Waals surface area contributed by atoms with E-state index < -0.39 is 12.1 Å². The van der Waals surface area contributed by atoms with Crippen LogP contribution in [0.3, 0.4) is 0 Å². The number of carboxylic acids is 1. The van der Waals surface area contributed by atoms with Gasteiger partial charge in [-0.2, -0.15) is 0 Å². The van der Waals surface area contributed by atoms with E-state index in [1.165, 1.54) is 0 Å². The van der Waals surface area contributed by atoms with Crippen LogP contribution in [0.5, 0.6) is 5.75 Å². The number of carbonyl (C=O) groups is 1. The minimum absolute atomic E-state index is 0.353. The fourth-order valence-corrected chi connectivity index (χ4v) is 2.07. The lowest BCUT2D eigenvalue weighted by Gasteiger charge is -2.17. The number of rotatable bonds is 5. The summed E-state index contributed by atoms with van der Waals surface area (Å²) in [6, 6.07) is 15.3. The first kappa shape index (κ1) is 14.1. The summed E-state index contributed by atoms with van der Waals surface area (Å²) in [5, 5.41) is 9.33. The SMILES string of the molecule is Cc1cccc(CC(Oc2ccccc2C)C(=O)O)c1. The van der Waals surface area contributed by atoms with Crippen LogP contribution in [-0.4, -0.2) is 17.2 Å². The van der Waals surface area contributed by atoms with Gasteiger partial charge in [0, 0.05) is 6.42 Å². The molecule has 20 heavy (non-hydrogen) atoms. The minimum atomic E-state index is -0.949. The number of benzene rings is 2. The summed E-state index contributed by atoms with van der Waals surface area (Å²) in [5.41, 5.74) is 3.01. The summed E-state index contributed by atoms with van der Waals surface area (Å²) in [6.45, 7) is 3.89. The van der Waals surface area contributed by atoms with Crippen molar-refractivity contribution in [3.8, 4) is 5.75 Å². The minimum Gasteiger partial charge on any atom is -0.478 e. The molecule has 0 aliphatic heterocycles. The van der Waals surface area contributed by atoms with E-state index >= 15 is 0 Å². The highest BCUT2D eigenvalue weighted by Crippen LogP contribution is 2.19. The molecule has 0 aliphatic carbocycles. The smallest absolute Gasteiger partial charge is 0.345 e. The van der Waals surface area contributed by atoms with E-state index in [0.29, 0.717) is 12.2 Å². The Morgan fingerprint density at radius 1 is 1.15 bits per heavy atom. The van der Waals surface area contributed by atoms with Crippen molar-refractivity contribution in [1.82, 2.24) is 0 Å². The fourth-order valence-electron chi connectivity index (χ4n) is 2.07. The molecule has 0 radical (unpaired) electrons. The monoisotopic (exact) mass is 270 g/mol. The maximum absolute atomic E-state index is 11.4. The zero-order chi connectivity index (χ0) is 14.5. The molecule has 0 saturated carbocycles. The molecule has 0 aliphatic rings. The molecule has 0 amide bonds. The molecule has 104 valence electrons. The molecule has 2 aromatic rings. The molecule has 1 N–H and O–H groups in total. The van der Waals surface area contributed by atoms with Gasteiger partial charge in [0.05, 0.1) is 0 Å². The van der Waals surface area contributed by atoms with Gasteiger partial charge in [-0.1, -0.05) is 48.0 Å². The molecule has 2 aromatic carbocycles. The Labute approximate surface area is 118 Å². The topological polar surface area (TPSA) is 46.5 Å². The normalized spacial score (nSPS) is 11.9. The number of hydrogen-bond donors (Lipinski definition) is 1. The van der Waals surface area contributed by atoms with E-state index in [0.717, 1.165) is 16.7 Å². The molecule has 1 atom stereocenters. The highest BCUT2D eigenvalue weighted by atomic mass is 16.5. The van der Waals surface area contributed by atoms with Crippen molar-refractivity contribution >= 4 is 5.97 Å².